The Kier molecular flexibility index (Phi) is 6.02. The molecular weight excluding hydrogens is 404 g/mol. The zero-order chi connectivity index (χ0) is 21.3. The van der Waals surface area contributed by atoms with E-state index in [9.17, 15) is 18.4 Å². The summed E-state index contributed by atoms with van der Waals surface area (Å²) in [5, 5.41) is 2.86. The number of aryl methyl sites for hydroxylation is 1. The van der Waals surface area contributed by atoms with Gasteiger partial charge < -0.3 is 14.6 Å². The summed E-state index contributed by atoms with van der Waals surface area (Å²) in [4.78, 5) is 28.3. The number of carbonyl (C=O) groups is 1. The fourth-order valence-electron chi connectivity index (χ4n) is 3.28. The molecular formula is C20H20ClF2N3O3. The number of carbonyl (C=O) groups excluding carboxylic acids is 1. The molecule has 1 N–H and O–H groups in total. The standard InChI is InChI=1S/C20H20ClF2N3O3/c1-10-7-24-15(12(3)27)6-17(10)26-11(2)4-18(19(21)20(26)28)29-9-16-14(23)5-13(22)8-25-16/h4-5,7-8,15,17,24H,6,9H2,1-3H3/t15-,17-/m1/s1. The van der Waals surface area contributed by atoms with E-state index in [1.54, 1.807) is 19.2 Å². The molecule has 29 heavy (non-hydrogen) atoms. The highest BCUT2D eigenvalue weighted by molar-refractivity contribution is 6.31. The van der Waals surface area contributed by atoms with Gasteiger partial charge in [-0.2, -0.15) is 0 Å². The SMILES string of the molecule is CC(=O)[C@H]1C[C@@H](n2c(C)cc(OCc3ncc(F)cc3F)c(Cl)c2=O)C(C)=CN1. The smallest absolute Gasteiger partial charge is 0.273 e. The van der Waals surface area contributed by atoms with Gasteiger partial charge in [-0.3, -0.25) is 14.6 Å². The monoisotopic (exact) mass is 423 g/mol. The van der Waals surface area contributed by atoms with Crippen LogP contribution in [0.5, 0.6) is 5.75 Å². The Morgan fingerprint density at radius 2 is 2.10 bits per heavy atom. The number of pyridine rings is 2. The Bertz CT molecular complexity index is 1050. The number of nitrogens with one attached hydrogen (secondary N) is 1. The van der Waals surface area contributed by atoms with E-state index in [0.717, 1.165) is 11.8 Å². The number of ketones is 1. The topological polar surface area (TPSA) is 73.2 Å². The lowest BCUT2D eigenvalue weighted by atomic mass is 9.94. The summed E-state index contributed by atoms with van der Waals surface area (Å²) in [6.07, 6.45) is 3.03. The molecule has 0 fully saturated rings. The molecule has 9 heteroatoms. The van der Waals surface area contributed by atoms with Crippen LogP contribution in [0.25, 0.3) is 0 Å². The molecule has 6 nitrogen and oxygen atoms in total. The van der Waals surface area contributed by atoms with E-state index in [4.69, 9.17) is 16.3 Å². The number of halogens is 3. The molecule has 0 bridgehead atoms. The highest BCUT2D eigenvalue weighted by Crippen LogP contribution is 2.30. The van der Waals surface area contributed by atoms with Gasteiger partial charge in [-0.1, -0.05) is 11.6 Å². The van der Waals surface area contributed by atoms with Gasteiger partial charge in [0.05, 0.1) is 18.3 Å². The van der Waals surface area contributed by atoms with Crippen LogP contribution in [0.15, 0.2) is 34.9 Å². The molecule has 154 valence electrons. The molecule has 0 radical (unpaired) electrons. The Morgan fingerprint density at radius 1 is 1.38 bits per heavy atom. The lowest BCUT2D eigenvalue weighted by Gasteiger charge is -2.31. The average molecular weight is 424 g/mol. The van der Waals surface area contributed by atoms with Gasteiger partial charge in [0.1, 0.15) is 28.9 Å². The van der Waals surface area contributed by atoms with Crippen molar-refractivity contribution < 1.29 is 18.3 Å². The molecule has 0 saturated heterocycles. The minimum Gasteiger partial charge on any atom is -0.485 e. The maximum absolute atomic E-state index is 13.7. The Balaban J connectivity index is 1.90. The molecule has 0 aromatic carbocycles. The summed E-state index contributed by atoms with van der Waals surface area (Å²) in [5.74, 6) is -1.59. The third-order valence-corrected chi connectivity index (χ3v) is 5.24. The summed E-state index contributed by atoms with van der Waals surface area (Å²) < 4.78 is 33.7. The van der Waals surface area contributed by atoms with Crippen molar-refractivity contribution in [3.8, 4) is 5.75 Å². The second kappa shape index (κ2) is 8.32. The van der Waals surface area contributed by atoms with Gasteiger partial charge >= 0.3 is 0 Å². The van der Waals surface area contributed by atoms with Crippen molar-refractivity contribution in [1.82, 2.24) is 14.9 Å². The van der Waals surface area contributed by atoms with Crippen molar-refractivity contribution in [3.63, 3.8) is 0 Å². The van der Waals surface area contributed by atoms with E-state index < -0.39 is 23.2 Å². The average Bonchev–Trinajstić information content (AvgIpc) is 2.66. The van der Waals surface area contributed by atoms with E-state index in [1.807, 2.05) is 6.92 Å². The highest BCUT2D eigenvalue weighted by atomic mass is 35.5. The minimum absolute atomic E-state index is 0.0238. The van der Waals surface area contributed by atoms with Crippen LogP contribution in [0.2, 0.25) is 5.02 Å². The fraction of sp³-hybridized carbons (Fsp3) is 0.350. The molecule has 0 aliphatic carbocycles. The first-order valence-corrected chi connectivity index (χ1v) is 9.34. The van der Waals surface area contributed by atoms with E-state index in [2.05, 4.69) is 10.3 Å². The summed E-state index contributed by atoms with van der Waals surface area (Å²) in [6.45, 7) is 4.76. The van der Waals surface area contributed by atoms with E-state index >= 15 is 0 Å². The van der Waals surface area contributed by atoms with Gasteiger partial charge in [-0.05, 0) is 39.0 Å². The molecule has 2 aromatic heterocycles. The molecule has 3 rings (SSSR count). The Hall–Kier alpha value is -2.74. The van der Waals surface area contributed by atoms with Crippen molar-refractivity contribution in [2.45, 2.75) is 45.9 Å². The van der Waals surface area contributed by atoms with Crippen LogP contribution in [0.1, 0.15) is 37.7 Å². The number of hydrogen-bond acceptors (Lipinski definition) is 5. The van der Waals surface area contributed by atoms with Crippen LogP contribution in [0.4, 0.5) is 8.78 Å². The number of Topliss-reactive ketones (excluding diaryl/α,β-unsaturated/α-hetero) is 1. The summed E-state index contributed by atoms with van der Waals surface area (Å²) in [5.41, 5.74) is 0.876. The maximum Gasteiger partial charge on any atom is 0.273 e. The number of ether oxygens (including phenoxy) is 1. The third-order valence-electron chi connectivity index (χ3n) is 4.89. The van der Waals surface area contributed by atoms with Crippen LogP contribution < -0.4 is 15.6 Å². The van der Waals surface area contributed by atoms with E-state index in [0.29, 0.717) is 18.2 Å². The van der Waals surface area contributed by atoms with Gasteiger partial charge in [-0.15, -0.1) is 0 Å². The zero-order valence-corrected chi connectivity index (χ0v) is 16.9. The second-order valence-electron chi connectivity index (χ2n) is 6.98. The van der Waals surface area contributed by atoms with Gasteiger partial charge in [-0.25, -0.2) is 8.78 Å². The molecule has 0 amide bonds. The molecule has 2 atom stereocenters. The summed E-state index contributed by atoms with van der Waals surface area (Å²) >= 11 is 6.23. The first kappa shape index (κ1) is 21.0. The maximum atomic E-state index is 13.7. The van der Waals surface area contributed by atoms with Gasteiger partial charge in [0.2, 0.25) is 0 Å². The van der Waals surface area contributed by atoms with E-state index in [-0.39, 0.29) is 34.9 Å². The first-order chi connectivity index (χ1) is 13.7. The van der Waals surface area contributed by atoms with Crippen molar-refractivity contribution in [3.05, 3.63) is 68.5 Å². The highest BCUT2D eigenvalue weighted by Gasteiger charge is 2.28. The number of allylic oxidation sites excluding steroid dienone is 1. The lowest BCUT2D eigenvalue weighted by molar-refractivity contribution is -0.119. The quantitative estimate of drug-likeness (QED) is 0.797. The van der Waals surface area contributed by atoms with E-state index in [1.165, 1.54) is 11.5 Å². The van der Waals surface area contributed by atoms with Crippen LogP contribution in [0, 0.1) is 18.6 Å². The molecule has 0 unspecified atom stereocenters. The molecule has 0 saturated carbocycles. The number of hydrogen-bond donors (Lipinski definition) is 1. The molecule has 2 aromatic rings. The van der Waals surface area contributed by atoms with Crippen molar-refractivity contribution in [2.75, 3.05) is 0 Å². The first-order valence-electron chi connectivity index (χ1n) is 8.96. The summed E-state index contributed by atoms with van der Waals surface area (Å²) in [7, 11) is 0. The number of aromatic nitrogens is 2. The minimum atomic E-state index is -0.850. The van der Waals surface area contributed by atoms with Crippen molar-refractivity contribution in [1.29, 1.82) is 0 Å². The molecule has 1 aliphatic heterocycles. The number of nitrogens with zero attached hydrogens (tertiary/aromatic N) is 2. The Labute approximate surface area is 171 Å². The van der Waals surface area contributed by atoms with Gasteiger partial charge in [0, 0.05) is 17.8 Å². The normalized spacial score (nSPS) is 18.8. The molecule has 1 aliphatic rings. The third kappa shape index (κ3) is 4.32. The largest absolute Gasteiger partial charge is 0.485 e. The van der Waals surface area contributed by atoms with Crippen LogP contribution in [-0.2, 0) is 11.4 Å². The van der Waals surface area contributed by atoms with Crippen LogP contribution in [0.3, 0.4) is 0 Å². The van der Waals surface area contributed by atoms with Crippen molar-refractivity contribution in [2.24, 2.45) is 0 Å². The molecule has 3 heterocycles. The van der Waals surface area contributed by atoms with Gasteiger partial charge in [0.25, 0.3) is 5.56 Å². The molecule has 0 spiro atoms. The predicted octanol–water partition coefficient (Wildman–Crippen LogP) is 3.46. The Morgan fingerprint density at radius 3 is 2.76 bits per heavy atom. The van der Waals surface area contributed by atoms with Gasteiger partial charge in [0.15, 0.2) is 11.6 Å². The predicted molar refractivity (Wildman–Crippen MR) is 104 cm³/mol. The lowest BCUT2D eigenvalue weighted by Crippen LogP contribution is -2.41. The number of rotatable bonds is 5. The van der Waals surface area contributed by atoms with Crippen molar-refractivity contribution >= 4 is 17.4 Å². The second-order valence-corrected chi connectivity index (χ2v) is 7.36. The summed E-state index contributed by atoms with van der Waals surface area (Å²) in [6, 6.07) is 1.55. The fourth-order valence-corrected chi connectivity index (χ4v) is 3.48. The van der Waals surface area contributed by atoms with Crippen LogP contribution >= 0.6 is 11.6 Å². The zero-order valence-electron chi connectivity index (χ0n) is 16.1. The van der Waals surface area contributed by atoms with Crippen LogP contribution in [-0.4, -0.2) is 21.4 Å².